The van der Waals surface area contributed by atoms with E-state index in [-0.39, 0.29) is 0 Å². The summed E-state index contributed by atoms with van der Waals surface area (Å²) in [5.74, 6) is 1.21. The molecule has 0 spiro atoms. The Hall–Kier alpha value is -2.30. The van der Waals surface area contributed by atoms with Crippen LogP contribution in [-0.2, 0) is 21.6 Å². The minimum Gasteiger partial charge on any atom is -0.254 e. The first-order valence-electron chi connectivity index (χ1n) is 9.45. The van der Waals surface area contributed by atoms with Crippen LogP contribution in [0.25, 0.3) is 21.5 Å². The van der Waals surface area contributed by atoms with Crippen molar-refractivity contribution in [3.05, 3.63) is 84.9 Å². The lowest BCUT2D eigenvalue weighted by Gasteiger charge is -2.06. The quantitative estimate of drug-likeness (QED) is 0.370. The number of unbranched alkanes of at least 4 members (excludes halogenated alkanes) is 1. The zero-order chi connectivity index (χ0) is 19.3. The minimum absolute atomic E-state index is 0.604. The van der Waals surface area contributed by atoms with E-state index in [1.807, 2.05) is 72.8 Å². The van der Waals surface area contributed by atoms with Gasteiger partial charge in [0.2, 0.25) is 0 Å². The van der Waals surface area contributed by atoms with Crippen molar-refractivity contribution in [2.24, 2.45) is 0 Å². The summed E-state index contributed by atoms with van der Waals surface area (Å²) in [6.07, 6.45) is 1.61. The summed E-state index contributed by atoms with van der Waals surface area (Å²) in [4.78, 5) is 1.74. The molecule has 0 aliphatic heterocycles. The Balaban J connectivity index is 1.31. The van der Waals surface area contributed by atoms with Gasteiger partial charge in [0.15, 0.2) is 0 Å². The van der Waals surface area contributed by atoms with Gasteiger partial charge in [0.25, 0.3) is 0 Å². The molecular formula is C24H22O2S2. The van der Waals surface area contributed by atoms with Crippen LogP contribution in [0.2, 0.25) is 0 Å². The van der Waals surface area contributed by atoms with Crippen LogP contribution in [-0.4, -0.2) is 19.9 Å². The van der Waals surface area contributed by atoms with Crippen LogP contribution in [0.1, 0.15) is 12.8 Å². The third-order valence-corrected chi connectivity index (χ3v) is 7.76. The van der Waals surface area contributed by atoms with Crippen molar-refractivity contribution in [2.75, 3.05) is 11.5 Å². The van der Waals surface area contributed by atoms with Crippen LogP contribution in [0.5, 0.6) is 0 Å². The fourth-order valence-electron chi connectivity index (χ4n) is 3.32. The zero-order valence-corrected chi connectivity index (χ0v) is 17.2. The molecule has 2 atom stereocenters. The molecule has 0 saturated carbocycles. The second-order valence-corrected chi connectivity index (χ2v) is 9.97. The molecule has 0 N–H and O–H groups in total. The van der Waals surface area contributed by atoms with Crippen molar-refractivity contribution in [2.45, 2.75) is 22.6 Å². The molecule has 2 nitrogen and oxygen atoms in total. The van der Waals surface area contributed by atoms with Crippen LogP contribution < -0.4 is 0 Å². The molecule has 0 amide bonds. The molecule has 4 heteroatoms. The molecule has 0 saturated heterocycles. The standard InChI is InChI=1S/C24H22O2S2/c25-27(23-13-11-19-7-1-3-9-21(19)17-23)15-5-6-16-28(26)24-14-12-20-8-2-4-10-22(20)18-24/h1-4,7-14,17-18H,5-6,15-16H2. The molecule has 2 unspecified atom stereocenters. The van der Waals surface area contributed by atoms with Gasteiger partial charge in [-0.3, -0.25) is 8.42 Å². The van der Waals surface area contributed by atoms with E-state index in [2.05, 4.69) is 12.1 Å². The highest BCUT2D eigenvalue weighted by atomic mass is 32.2. The van der Waals surface area contributed by atoms with Gasteiger partial charge >= 0.3 is 0 Å². The number of rotatable bonds is 7. The molecule has 0 aromatic heterocycles. The molecule has 4 aromatic carbocycles. The molecule has 0 aliphatic rings. The summed E-state index contributed by atoms with van der Waals surface area (Å²) >= 11 is 0. The van der Waals surface area contributed by atoms with Crippen molar-refractivity contribution in [3.8, 4) is 0 Å². The number of benzene rings is 4. The monoisotopic (exact) mass is 406 g/mol. The Morgan fingerprint density at radius 1 is 0.500 bits per heavy atom. The van der Waals surface area contributed by atoms with Crippen molar-refractivity contribution in [1.82, 2.24) is 0 Å². The van der Waals surface area contributed by atoms with Gasteiger partial charge in [-0.25, -0.2) is 0 Å². The Kier molecular flexibility index (Phi) is 5.98. The van der Waals surface area contributed by atoms with Gasteiger partial charge in [-0.2, -0.15) is 0 Å². The van der Waals surface area contributed by atoms with Crippen LogP contribution in [0.3, 0.4) is 0 Å². The highest BCUT2D eigenvalue weighted by Crippen LogP contribution is 2.20. The van der Waals surface area contributed by atoms with E-state index in [1.54, 1.807) is 0 Å². The summed E-state index contributed by atoms with van der Waals surface area (Å²) in [6, 6.07) is 28.2. The second-order valence-electron chi connectivity index (χ2n) is 6.82. The first kappa shape index (κ1) is 19.0. The number of hydrogen-bond donors (Lipinski definition) is 0. The smallest absolute Gasteiger partial charge is 0.0529 e. The summed E-state index contributed by atoms with van der Waals surface area (Å²) in [6.45, 7) is 0. The lowest BCUT2D eigenvalue weighted by atomic mass is 10.1. The largest absolute Gasteiger partial charge is 0.254 e. The topological polar surface area (TPSA) is 34.1 Å². The summed E-state index contributed by atoms with van der Waals surface area (Å²) < 4.78 is 25.2. The van der Waals surface area contributed by atoms with Crippen molar-refractivity contribution in [1.29, 1.82) is 0 Å². The molecule has 142 valence electrons. The first-order valence-corrected chi connectivity index (χ1v) is 12.1. The predicted octanol–water partition coefficient (Wildman–Crippen LogP) is 5.69. The van der Waals surface area contributed by atoms with E-state index in [1.165, 1.54) is 0 Å². The van der Waals surface area contributed by atoms with E-state index >= 15 is 0 Å². The zero-order valence-electron chi connectivity index (χ0n) is 15.5. The normalized spacial score (nSPS) is 13.6. The van der Waals surface area contributed by atoms with E-state index in [4.69, 9.17) is 0 Å². The molecule has 4 rings (SSSR count). The average Bonchev–Trinajstić information content (AvgIpc) is 2.75. The second kappa shape index (κ2) is 8.80. The predicted molar refractivity (Wildman–Crippen MR) is 120 cm³/mol. The molecule has 4 aromatic rings. The fourth-order valence-corrected chi connectivity index (χ4v) is 5.68. The first-order chi connectivity index (χ1) is 13.7. The third kappa shape index (κ3) is 4.40. The summed E-state index contributed by atoms with van der Waals surface area (Å²) in [5, 5.41) is 4.56. The summed E-state index contributed by atoms with van der Waals surface area (Å²) in [5.41, 5.74) is 0. The highest BCUT2D eigenvalue weighted by Gasteiger charge is 2.08. The summed E-state index contributed by atoms with van der Waals surface area (Å²) in [7, 11) is -2.03. The maximum atomic E-state index is 12.6. The van der Waals surface area contributed by atoms with Crippen molar-refractivity contribution < 1.29 is 8.42 Å². The van der Waals surface area contributed by atoms with Crippen LogP contribution in [0.15, 0.2) is 94.7 Å². The molecule has 0 aliphatic carbocycles. The van der Waals surface area contributed by atoms with Crippen LogP contribution in [0, 0.1) is 0 Å². The van der Waals surface area contributed by atoms with Crippen LogP contribution in [0.4, 0.5) is 0 Å². The number of hydrogen-bond acceptors (Lipinski definition) is 2. The average molecular weight is 407 g/mol. The maximum Gasteiger partial charge on any atom is 0.0529 e. The van der Waals surface area contributed by atoms with Gasteiger partial charge in [-0.05, 0) is 58.7 Å². The molecule has 0 radical (unpaired) electrons. The van der Waals surface area contributed by atoms with Gasteiger partial charge in [-0.1, -0.05) is 60.7 Å². The molecule has 28 heavy (non-hydrogen) atoms. The molecule has 0 heterocycles. The highest BCUT2D eigenvalue weighted by molar-refractivity contribution is 7.85. The Morgan fingerprint density at radius 2 is 0.893 bits per heavy atom. The van der Waals surface area contributed by atoms with E-state index in [9.17, 15) is 8.42 Å². The molecular weight excluding hydrogens is 384 g/mol. The lowest BCUT2D eigenvalue weighted by Crippen LogP contribution is -2.03. The minimum atomic E-state index is -1.02. The Morgan fingerprint density at radius 3 is 1.32 bits per heavy atom. The van der Waals surface area contributed by atoms with E-state index < -0.39 is 21.6 Å². The van der Waals surface area contributed by atoms with Crippen LogP contribution >= 0.6 is 0 Å². The lowest BCUT2D eigenvalue weighted by molar-refractivity contribution is 0.674. The van der Waals surface area contributed by atoms with Gasteiger partial charge in [-0.15, -0.1) is 0 Å². The fraction of sp³-hybridized carbons (Fsp3) is 0.167. The Labute approximate surface area is 170 Å². The SMILES string of the molecule is O=S(CCCCS(=O)c1ccc2ccccc2c1)c1ccc2ccccc2c1. The van der Waals surface area contributed by atoms with Gasteiger partial charge in [0.05, 0.1) is 21.6 Å². The maximum absolute atomic E-state index is 12.6. The van der Waals surface area contributed by atoms with Crippen molar-refractivity contribution >= 4 is 43.1 Å². The number of fused-ring (bicyclic) bond motifs is 2. The van der Waals surface area contributed by atoms with Gasteiger partial charge in [0, 0.05) is 21.3 Å². The Bertz CT molecular complexity index is 1070. The van der Waals surface area contributed by atoms with Crippen molar-refractivity contribution in [3.63, 3.8) is 0 Å². The van der Waals surface area contributed by atoms with Gasteiger partial charge < -0.3 is 0 Å². The molecule has 0 bridgehead atoms. The third-order valence-electron chi connectivity index (χ3n) is 4.88. The van der Waals surface area contributed by atoms with E-state index in [0.717, 1.165) is 44.2 Å². The van der Waals surface area contributed by atoms with E-state index in [0.29, 0.717) is 11.5 Å². The van der Waals surface area contributed by atoms with Gasteiger partial charge in [0.1, 0.15) is 0 Å². The molecule has 0 fully saturated rings.